The van der Waals surface area contributed by atoms with Crippen LogP contribution in [0.4, 0.5) is 5.13 Å². The van der Waals surface area contributed by atoms with Crippen LogP contribution < -0.4 is 4.90 Å². The molecule has 0 aromatic carbocycles. The van der Waals surface area contributed by atoms with Gasteiger partial charge in [0.1, 0.15) is 6.33 Å². The Labute approximate surface area is 105 Å². The molecular weight excluding hydrogens is 238 g/mol. The van der Waals surface area contributed by atoms with Gasteiger partial charge in [-0.3, -0.25) is 0 Å². The van der Waals surface area contributed by atoms with E-state index in [-0.39, 0.29) is 5.79 Å². The van der Waals surface area contributed by atoms with Gasteiger partial charge in [0.05, 0.1) is 13.2 Å². The van der Waals surface area contributed by atoms with E-state index in [0.29, 0.717) is 6.04 Å². The predicted octanol–water partition coefficient (Wildman–Crippen LogP) is 1.66. The Morgan fingerprint density at radius 1 is 1.35 bits per heavy atom. The Morgan fingerprint density at radius 2 is 2.06 bits per heavy atom. The van der Waals surface area contributed by atoms with Crippen LogP contribution in [0.2, 0.25) is 0 Å². The van der Waals surface area contributed by atoms with Crippen LogP contribution >= 0.6 is 11.5 Å². The highest BCUT2D eigenvalue weighted by Gasteiger charge is 2.41. The Balaban J connectivity index is 1.61. The van der Waals surface area contributed by atoms with Crippen molar-refractivity contribution in [3.63, 3.8) is 0 Å². The van der Waals surface area contributed by atoms with Crippen molar-refractivity contribution in [1.29, 1.82) is 0 Å². The van der Waals surface area contributed by atoms with Crippen LogP contribution in [-0.4, -0.2) is 41.4 Å². The van der Waals surface area contributed by atoms with Gasteiger partial charge in [-0.05, 0) is 12.8 Å². The molecule has 2 aliphatic rings. The average Bonchev–Trinajstić information content (AvgIpc) is 3.01. The van der Waals surface area contributed by atoms with Gasteiger partial charge in [0.15, 0.2) is 5.79 Å². The van der Waals surface area contributed by atoms with Gasteiger partial charge in [-0.1, -0.05) is 0 Å². The van der Waals surface area contributed by atoms with E-state index in [2.05, 4.69) is 21.3 Å². The quantitative estimate of drug-likeness (QED) is 0.804. The van der Waals surface area contributed by atoms with Crippen molar-refractivity contribution in [3.05, 3.63) is 6.33 Å². The fraction of sp³-hybridized carbons (Fsp3) is 0.818. The van der Waals surface area contributed by atoms with Crippen LogP contribution in [0.5, 0.6) is 0 Å². The van der Waals surface area contributed by atoms with E-state index in [4.69, 9.17) is 9.47 Å². The third-order valence-electron chi connectivity index (χ3n) is 3.73. The molecule has 2 heterocycles. The highest BCUT2D eigenvalue weighted by molar-refractivity contribution is 7.09. The largest absolute Gasteiger partial charge is 0.348 e. The van der Waals surface area contributed by atoms with E-state index in [0.717, 1.165) is 44.0 Å². The second-order valence-electron chi connectivity index (χ2n) is 4.67. The fourth-order valence-electron chi connectivity index (χ4n) is 2.69. The number of anilines is 1. The number of nitrogens with zero attached hydrogens (tertiary/aromatic N) is 3. The summed E-state index contributed by atoms with van der Waals surface area (Å²) in [7, 11) is 2.10. The SMILES string of the molecule is CN(c1ncns1)C1CCC2(CC1)OCCO2. The second-order valence-corrected chi connectivity index (χ2v) is 5.43. The summed E-state index contributed by atoms with van der Waals surface area (Å²) in [5.41, 5.74) is 0. The molecule has 1 aromatic rings. The number of hydrogen-bond donors (Lipinski definition) is 0. The molecule has 1 aliphatic carbocycles. The topological polar surface area (TPSA) is 47.5 Å². The highest BCUT2D eigenvalue weighted by Crippen LogP contribution is 2.38. The van der Waals surface area contributed by atoms with Crippen LogP contribution in [-0.2, 0) is 9.47 Å². The molecule has 6 heteroatoms. The van der Waals surface area contributed by atoms with Crippen molar-refractivity contribution in [3.8, 4) is 0 Å². The standard InChI is InChI=1S/C11H17N3O2S/c1-14(10-12-8-13-17-10)9-2-4-11(5-3-9)15-6-7-16-11/h8-9H,2-7H2,1H3. The lowest BCUT2D eigenvalue weighted by Crippen LogP contribution is -2.42. The molecule has 1 aliphatic heterocycles. The molecule has 17 heavy (non-hydrogen) atoms. The van der Waals surface area contributed by atoms with E-state index < -0.39 is 0 Å². The number of aromatic nitrogens is 2. The molecule has 1 saturated carbocycles. The molecule has 1 aromatic heterocycles. The van der Waals surface area contributed by atoms with Gasteiger partial charge < -0.3 is 14.4 Å². The zero-order valence-corrected chi connectivity index (χ0v) is 10.8. The minimum atomic E-state index is -0.265. The zero-order chi connectivity index (χ0) is 11.7. The van der Waals surface area contributed by atoms with E-state index in [1.54, 1.807) is 6.33 Å². The van der Waals surface area contributed by atoms with Gasteiger partial charge in [-0.15, -0.1) is 0 Å². The molecule has 5 nitrogen and oxygen atoms in total. The number of hydrogen-bond acceptors (Lipinski definition) is 6. The van der Waals surface area contributed by atoms with Crippen molar-refractivity contribution < 1.29 is 9.47 Å². The van der Waals surface area contributed by atoms with Crippen molar-refractivity contribution in [2.24, 2.45) is 0 Å². The molecule has 0 N–H and O–H groups in total. The normalized spacial score (nSPS) is 24.3. The van der Waals surface area contributed by atoms with Crippen LogP contribution in [0, 0.1) is 0 Å². The lowest BCUT2D eigenvalue weighted by molar-refractivity contribution is -0.178. The minimum absolute atomic E-state index is 0.265. The monoisotopic (exact) mass is 255 g/mol. The van der Waals surface area contributed by atoms with Gasteiger partial charge in [0.2, 0.25) is 5.13 Å². The van der Waals surface area contributed by atoms with Crippen molar-refractivity contribution in [2.75, 3.05) is 25.2 Å². The summed E-state index contributed by atoms with van der Waals surface area (Å²) < 4.78 is 15.5. The van der Waals surface area contributed by atoms with E-state index in [9.17, 15) is 0 Å². The van der Waals surface area contributed by atoms with Gasteiger partial charge >= 0.3 is 0 Å². The number of rotatable bonds is 2. The molecule has 0 atom stereocenters. The Morgan fingerprint density at radius 3 is 2.65 bits per heavy atom. The van der Waals surface area contributed by atoms with Crippen molar-refractivity contribution in [1.82, 2.24) is 9.36 Å². The Hall–Kier alpha value is -0.720. The van der Waals surface area contributed by atoms with Gasteiger partial charge in [-0.25, -0.2) is 4.98 Å². The van der Waals surface area contributed by atoms with Crippen molar-refractivity contribution >= 4 is 16.7 Å². The molecule has 2 fully saturated rings. The maximum absolute atomic E-state index is 5.73. The highest BCUT2D eigenvalue weighted by atomic mass is 32.1. The lowest BCUT2D eigenvalue weighted by atomic mass is 9.89. The second kappa shape index (κ2) is 4.51. The summed E-state index contributed by atoms with van der Waals surface area (Å²) in [6.07, 6.45) is 5.78. The van der Waals surface area contributed by atoms with Gasteiger partial charge in [0.25, 0.3) is 0 Å². The van der Waals surface area contributed by atoms with E-state index in [1.165, 1.54) is 11.5 Å². The number of ether oxygens (including phenoxy) is 2. The average molecular weight is 255 g/mol. The molecular formula is C11H17N3O2S. The molecule has 0 unspecified atom stereocenters. The summed E-state index contributed by atoms with van der Waals surface area (Å²) in [6.45, 7) is 1.49. The van der Waals surface area contributed by atoms with Crippen LogP contribution in [0.3, 0.4) is 0 Å². The van der Waals surface area contributed by atoms with Crippen LogP contribution in [0.15, 0.2) is 6.33 Å². The molecule has 3 rings (SSSR count). The first kappa shape index (κ1) is 11.4. The first-order valence-corrected chi connectivity index (χ1v) is 6.84. The van der Waals surface area contributed by atoms with E-state index in [1.807, 2.05) is 0 Å². The Kier molecular flexibility index (Phi) is 3.02. The molecule has 0 radical (unpaired) electrons. The molecule has 94 valence electrons. The fourth-order valence-corrected chi connectivity index (χ4v) is 3.25. The summed E-state index contributed by atoms with van der Waals surface area (Å²) in [5, 5.41) is 0.999. The first-order valence-electron chi connectivity index (χ1n) is 6.06. The molecule has 0 amide bonds. The first-order chi connectivity index (χ1) is 8.29. The van der Waals surface area contributed by atoms with Gasteiger partial charge in [0, 0.05) is 37.5 Å². The molecule has 1 saturated heterocycles. The van der Waals surface area contributed by atoms with Crippen LogP contribution in [0.25, 0.3) is 0 Å². The lowest BCUT2D eigenvalue weighted by Gasteiger charge is -2.38. The van der Waals surface area contributed by atoms with Crippen LogP contribution in [0.1, 0.15) is 25.7 Å². The smallest absolute Gasteiger partial charge is 0.204 e. The minimum Gasteiger partial charge on any atom is -0.348 e. The van der Waals surface area contributed by atoms with E-state index >= 15 is 0 Å². The summed E-state index contributed by atoms with van der Waals surface area (Å²) in [5.74, 6) is -0.265. The van der Waals surface area contributed by atoms with Gasteiger partial charge in [-0.2, -0.15) is 4.37 Å². The summed E-state index contributed by atoms with van der Waals surface area (Å²) >= 11 is 1.45. The zero-order valence-electron chi connectivity index (χ0n) is 9.96. The molecule has 1 spiro atoms. The maximum atomic E-state index is 5.73. The predicted molar refractivity (Wildman–Crippen MR) is 65.2 cm³/mol. The molecule has 0 bridgehead atoms. The summed E-state index contributed by atoms with van der Waals surface area (Å²) in [6, 6.07) is 0.529. The summed E-state index contributed by atoms with van der Waals surface area (Å²) in [4.78, 5) is 6.49. The third kappa shape index (κ3) is 2.17. The third-order valence-corrected chi connectivity index (χ3v) is 4.49. The Bertz CT molecular complexity index is 355. The maximum Gasteiger partial charge on any atom is 0.204 e. The van der Waals surface area contributed by atoms with Crippen molar-refractivity contribution in [2.45, 2.75) is 37.5 Å².